The topological polar surface area (TPSA) is 90.7 Å². The zero-order valence-electron chi connectivity index (χ0n) is 14.9. The standard InChI is InChI=1S/C17H20ClN5OS2/c1-10(2)17(4,9-19)21-14(24)11(3)25-16-23-22-15(26-16)20-13-7-5-6-12(18)8-13/h5-8,10-11H,1-4H3,(H,20,22)(H,21,24)/t11-,17-/m0/s1. The van der Waals surface area contributed by atoms with Crippen molar-refractivity contribution in [1.29, 1.82) is 5.26 Å². The van der Waals surface area contributed by atoms with Gasteiger partial charge in [-0.1, -0.05) is 54.6 Å². The summed E-state index contributed by atoms with van der Waals surface area (Å²) in [7, 11) is 0. The van der Waals surface area contributed by atoms with E-state index in [1.54, 1.807) is 26.0 Å². The number of aromatic nitrogens is 2. The number of nitriles is 1. The average molecular weight is 410 g/mol. The van der Waals surface area contributed by atoms with Crippen molar-refractivity contribution >= 4 is 51.4 Å². The molecule has 0 aliphatic carbocycles. The summed E-state index contributed by atoms with van der Waals surface area (Å²) in [4.78, 5) is 12.4. The number of nitrogens with one attached hydrogen (secondary N) is 2. The molecule has 138 valence electrons. The van der Waals surface area contributed by atoms with E-state index in [1.165, 1.54) is 23.1 Å². The lowest BCUT2D eigenvalue weighted by molar-refractivity contribution is -0.121. The molecule has 0 aliphatic rings. The lowest BCUT2D eigenvalue weighted by Crippen LogP contribution is -2.51. The molecule has 9 heteroatoms. The Morgan fingerprint density at radius 1 is 1.38 bits per heavy atom. The van der Waals surface area contributed by atoms with E-state index < -0.39 is 10.8 Å². The second kappa shape index (κ2) is 8.71. The van der Waals surface area contributed by atoms with Crippen molar-refractivity contribution in [3.05, 3.63) is 29.3 Å². The third-order valence-electron chi connectivity index (χ3n) is 3.90. The van der Waals surface area contributed by atoms with Gasteiger partial charge in [0.05, 0.1) is 11.3 Å². The van der Waals surface area contributed by atoms with Gasteiger partial charge in [-0.15, -0.1) is 10.2 Å². The molecule has 6 nitrogen and oxygen atoms in total. The molecule has 0 bridgehead atoms. The van der Waals surface area contributed by atoms with Crippen molar-refractivity contribution in [3.8, 4) is 6.07 Å². The molecule has 1 aromatic carbocycles. The highest BCUT2D eigenvalue weighted by Crippen LogP contribution is 2.31. The molecule has 1 heterocycles. The van der Waals surface area contributed by atoms with Crippen LogP contribution in [0.1, 0.15) is 27.7 Å². The minimum Gasteiger partial charge on any atom is -0.337 e. The quantitative estimate of drug-likeness (QED) is 0.655. The fourth-order valence-corrected chi connectivity index (χ4v) is 3.97. The molecule has 26 heavy (non-hydrogen) atoms. The first-order valence-electron chi connectivity index (χ1n) is 7.99. The van der Waals surface area contributed by atoms with Crippen LogP contribution in [-0.4, -0.2) is 26.9 Å². The van der Waals surface area contributed by atoms with E-state index in [9.17, 15) is 10.1 Å². The minimum atomic E-state index is -0.897. The molecule has 1 aromatic heterocycles. The summed E-state index contributed by atoms with van der Waals surface area (Å²) >= 11 is 8.62. The van der Waals surface area contributed by atoms with Gasteiger partial charge in [-0.05, 0) is 38.0 Å². The Balaban J connectivity index is 1.97. The molecular weight excluding hydrogens is 390 g/mol. The van der Waals surface area contributed by atoms with Crippen molar-refractivity contribution in [2.75, 3.05) is 5.32 Å². The van der Waals surface area contributed by atoms with Gasteiger partial charge in [0, 0.05) is 10.7 Å². The van der Waals surface area contributed by atoms with Crippen LogP contribution in [0.3, 0.4) is 0 Å². The average Bonchev–Trinajstić information content (AvgIpc) is 3.01. The molecule has 1 amide bonds. The maximum absolute atomic E-state index is 12.4. The molecule has 0 radical (unpaired) electrons. The Morgan fingerprint density at radius 2 is 2.12 bits per heavy atom. The Hall–Kier alpha value is -1.82. The number of thioether (sulfide) groups is 1. The van der Waals surface area contributed by atoms with E-state index in [2.05, 4.69) is 26.9 Å². The molecule has 0 aliphatic heterocycles. The van der Waals surface area contributed by atoms with E-state index in [0.717, 1.165) is 5.69 Å². The van der Waals surface area contributed by atoms with Gasteiger partial charge in [0.25, 0.3) is 0 Å². The summed E-state index contributed by atoms with van der Waals surface area (Å²) in [6.45, 7) is 7.31. The van der Waals surface area contributed by atoms with Crippen molar-refractivity contribution < 1.29 is 4.79 Å². The van der Waals surface area contributed by atoms with Crippen LogP contribution >= 0.6 is 34.7 Å². The number of rotatable bonds is 7. The van der Waals surface area contributed by atoms with Gasteiger partial charge >= 0.3 is 0 Å². The number of hydrogen-bond donors (Lipinski definition) is 2. The number of halogens is 1. The second-order valence-electron chi connectivity index (χ2n) is 6.23. The van der Waals surface area contributed by atoms with Crippen molar-refractivity contribution in [3.63, 3.8) is 0 Å². The monoisotopic (exact) mass is 409 g/mol. The third-order valence-corrected chi connectivity index (χ3v) is 6.16. The second-order valence-corrected chi connectivity index (χ2v) is 9.23. The predicted molar refractivity (Wildman–Crippen MR) is 107 cm³/mol. The van der Waals surface area contributed by atoms with Gasteiger partial charge in [0.1, 0.15) is 5.54 Å². The fourth-order valence-electron chi connectivity index (χ4n) is 1.86. The van der Waals surface area contributed by atoms with Gasteiger partial charge in [-0.3, -0.25) is 4.79 Å². The van der Waals surface area contributed by atoms with Gasteiger partial charge < -0.3 is 10.6 Å². The Labute approximate surface area is 166 Å². The van der Waals surface area contributed by atoms with Crippen LogP contribution in [0.2, 0.25) is 5.02 Å². The van der Waals surface area contributed by atoms with Crippen LogP contribution in [0.15, 0.2) is 28.6 Å². The Bertz CT molecular complexity index is 819. The summed E-state index contributed by atoms with van der Waals surface area (Å²) < 4.78 is 0.667. The summed E-state index contributed by atoms with van der Waals surface area (Å²) in [6, 6.07) is 9.48. The number of benzene rings is 1. The SMILES string of the molecule is CC(C)[C@](C)(C#N)NC(=O)[C@H](C)Sc1nnc(Nc2cccc(Cl)c2)s1. The zero-order valence-corrected chi connectivity index (χ0v) is 17.3. The first-order valence-corrected chi connectivity index (χ1v) is 10.1. The zero-order chi connectivity index (χ0) is 19.3. The molecule has 0 unspecified atom stereocenters. The van der Waals surface area contributed by atoms with Crippen LogP contribution in [0.5, 0.6) is 0 Å². The highest BCUT2D eigenvalue weighted by Gasteiger charge is 2.32. The van der Waals surface area contributed by atoms with Gasteiger partial charge in [0.2, 0.25) is 11.0 Å². The van der Waals surface area contributed by atoms with Gasteiger partial charge in [-0.25, -0.2) is 0 Å². The molecule has 0 fully saturated rings. The highest BCUT2D eigenvalue weighted by molar-refractivity contribution is 8.02. The summed E-state index contributed by atoms with van der Waals surface area (Å²) in [5.41, 5.74) is -0.0792. The van der Waals surface area contributed by atoms with E-state index in [4.69, 9.17) is 11.6 Å². The third kappa shape index (κ3) is 5.34. The lowest BCUT2D eigenvalue weighted by Gasteiger charge is -2.28. The van der Waals surface area contributed by atoms with Crippen molar-refractivity contribution in [2.24, 2.45) is 5.92 Å². The molecule has 2 aromatic rings. The van der Waals surface area contributed by atoms with E-state index in [1.807, 2.05) is 26.0 Å². The molecular formula is C17H20ClN5OS2. The highest BCUT2D eigenvalue weighted by atomic mass is 35.5. The first-order chi connectivity index (χ1) is 12.2. The molecule has 0 spiro atoms. The number of carbonyl (C=O) groups excluding carboxylic acids is 1. The van der Waals surface area contributed by atoms with Crippen LogP contribution in [0.25, 0.3) is 0 Å². The van der Waals surface area contributed by atoms with Gasteiger partial charge in [-0.2, -0.15) is 5.26 Å². The Kier molecular flexibility index (Phi) is 6.87. The summed E-state index contributed by atoms with van der Waals surface area (Å²) in [5, 5.41) is 24.3. The summed E-state index contributed by atoms with van der Waals surface area (Å²) in [6.07, 6.45) is 0. The molecule has 2 atom stereocenters. The van der Waals surface area contributed by atoms with Crippen LogP contribution in [-0.2, 0) is 4.79 Å². The molecule has 2 rings (SSSR count). The predicted octanol–water partition coefficient (Wildman–Crippen LogP) is 4.47. The minimum absolute atomic E-state index is 0.00341. The summed E-state index contributed by atoms with van der Waals surface area (Å²) in [5.74, 6) is -0.198. The maximum Gasteiger partial charge on any atom is 0.234 e. The van der Waals surface area contributed by atoms with Crippen molar-refractivity contribution in [2.45, 2.75) is 42.8 Å². The maximum atomic E-state index is 12.4. The fraction of sp³-hybridized carbons (Fsp3) is 0.412. The van der Waals surface area contributed by atoms with Gasteiger partial charge in [0.15, 0.2) is 4.34 Å². The normalized spacial score (nSPS) is 14.3. The molecule has 0 saturated carbocycles. The van der Waals surface area contributed by atoms with Crippen LogP contribution in [0.4, 0.5) is 10.8 Å². The van der Waals surface area contributed by atoms with Crippen LogP contribution < -0.4 is 10.6 Å². The first kappa shape index (κ1) is 20.5. The largest absolute Gasteiger partial charge is 0.337 e. The molecule has 0 saturated heterocycles. The van der Waals surface area contributed by atoms with E-state index in [-0.39, 0.29) is 11.8 Å². The van der Waals surface area contributed by atoms with Crippen LogP contribution in [0, 0.1) is 17.2 Å². The van der Waals surface area contributed by atoms with E-state index >= 15 is 0 Å². The number of hydrogen-bond acceptors (Lipinski definition) is 7. The smallest absolute Gasteiger partial charge is 0.234 e. The molecule has 2 N–H and O–H groups in total. The number of nitrogens with zero attached hydrogens (tertiary/aromatic N) is 3. The number of amides is 1. The Morgan fingerprint density at radius 3 is 2.73 bits per heavy atom. The van der Waals surface area contributed by atoms with E-state index in [0.29, 0.717) is 14.5 Å². The van der Waals surface area contributed by atoms with Crippen molar-refractivity contribution in [1.82, 2.24) is 15.5 Å². The number of carbonyl (C=O) groups is 1. The lowest BCUT2D eigenvalue weighted by atomic mass is 9.90. The number of anilines is 2.